The van der Waals surface area contributed by atoms with Crippen LogP contribution in [-0.2, 0) is 10.1 Å². The van der Waals surface area contributed by atoms with Crippen molar-refractivity contribution in [2.24, 2.45) is 0 Å². The second-order valence-electron chi connectivity index (χ2n) is 2.18. The Balaban J connectivity index is 0.00000144. The van der Waals surface area contributed by atoms with Gasteiger partial charge in [-0.3, -0.25) is 4.55 Å². The van der Waals surface area contributed by atoms with Crippen LogP contribution in [0.5, 0.6) is 5.75 Å². The average Bonchev–Trinajstić information content (AvgIpc) is 1.92. The summed E-state index contributed by atoms with van der Waals surface area (Å²) in [7, 11) is -4.45. The second kappa shape index (κ2) is 4.74. The maximum atomic E-state index is 10.8. The van der Waals surface area contributed by atoms with Crippen LogP contribution in [0.1, 0.15) is 0 Å². The SMILES string of the molecule is Nc1ccc([O-])c(S(=O)(=O)O)c1.[K+]. The summed E-state index contributed by atoms with van der Waals surface area (Å²) in [4.78, 5) is -0.692. The van der Waals surface area contributed by atoms with E-state index in [0.29, 0.717) is 0 Å². The maximum Gasteiger partial charge on any atom is 1.00 e. The van der Waals surface area contributed by atoms with Crippen molar-refractivity contribution >= 4 is 15.8 Å². The van der Waals surface area contributed by atoms with E-state index in [4.69, 9.17) is 10.3 Å². The molecule has 0 aliphatic carbocycles. The predicted octanol–water partition coefficient (Wildman–Crippen LogP) is -3.41. The number of nitrogen functional groups attached to an aromatic ring is 1. The number of anilines is 1. The van der Waals surface area contributed by atoms with Crippen LogP contribution in [0.15, 0.2) is 23.1 Å². The van der Waals surface area contributed by atoms with Crippen molar-refractivity contribution in [2.75, 3.05) is 5.73 Å². The molecular formula is C6H6KNO4S. The summed E-state index contributed by atoms with van der Waals surface area (Å²) < 4.78 is 29.5. The van der Waals surface area contributed by atoms with Gasteiger partial charge in [-0.2, -0.15) is 8.42 Å². The van der Waals surface area contributed by atoms with Gasteiger partial charge in [-0.05, 0) is 12.1 Å². The van der Waals surface area contributed by atoms with Crippen LogP contribution in [0.25, 0.3) is 0 Å². The summed E-state index contributed by atoms with van der Waals surface area (Å²) in [5, 5.41) is 10.8. The van der Waals surface area contributed by atoms with Crippen LogP contribution in [0.2, 0.25) is 0 Å². The predicted molar refractivity (Wildman–Crippen MR) is 40.1 cm³/mol. The third kappa shape index (κ3) is 3.54. The van der Waals surface area contributed by atoms with Crippen molar-refractivity contribution in [3.8, 4) is 5.75 Å². The summed E-state index contributed by atoms with van der Waals surface area (Å²) in [6, 6.07) is 3.16. The number of hydrogen-bond acceptors (Lipinski definition) is 4. The van der Waals surface area contributed by atoms with Crippen LogP contribution in [0.3, 0.4) is 0 Å². The first-order valence-electron chi connectivity index (χ1n) is 2.95. The first-order valence-corrected chi connectivity index (χ1v) is 4.39. The Morgan fingerprint density at radius 2 is 1.92 bits per heavy atom. The number of rotatable bonds is 1. The van der Waals surface area contributed by atoms with Gasteiger partial charge in [-0.15, -0.1) is 0 Å². The van der Waals surface area contributed by atoms with E-state index in [2.05, 4.69) is 0 Å². The van der Waals surface area contributed by atoms with Gasteiger partial charge in [0, 0.05) is 5.69 Å². The molecule has 66 valence electrons. The molecule has 0 saturated carbocycles. The summed E-state index contributed by atoms with van der Waals surface area (Å²) in [6.45, 7) is 0. The van der Waals surface area contributed by atoms with E-state index >= 15 is 0 Å². The number of hydrogen-bond donors (Lipinski definition) is 2. The van der Waals surface area contributed by atoms with E-state index in [1.165, 1.54) is 6.07 Å². The molecule has 0 bridgehead atoms. The minimum absolute atomic E-state index is 0. The van der Waals surface area contributed by atoms with Gasteiger partial charge in [0.05, 0.1) is 4.90 Å². The van der Waals surface area contributed by atoms with E-state index in [9.17, 15) is 13.5 Å². The first kappa shape index (κ1) is 13.4. The second-order valence-corrected chi connectivity index (χ2v) is 3.57. The zero-order chi connectivity index (χ0) is 9.35. The van der Waals surface area contributed by atoms with Crippen molar-refractivity contribution in [3.63, 3.8) is 0 Å². The Labute approximate surface area is 118 Å². The number of nitrogens with two attached hydrogens (primary N) is 1. The fourth-order valence-electron chi connectivity index (χ4n) is 0.726. The van der Waals surface area contributed by atoms with E-state index in [1.807, 2.05) is 0 Å². The molecule has 1 aromatic rings. The van der Waals surface area contributed by atoms with Crippen molar-refractivity contribution < 1.29 is 69.5 Å². The van der Waals surface area contributed by atoms with Gasteiger partial charge in [0.1, 0.15) is 0 Å². The third-order valence-corrected chi connectivity index (χ3v) is 2.12. The molecule has 1 rings (SSSR count). The molecule has 0 spiro atoms. The molecule has 0 radical (unpaired) electrons. The summed E-state index contributed by atoms with van der Waals surface area (Å²) in [5.74, 6) is -0.772. The van der Waals surface area contributed by atoms with E-state index in [0.717, 1.165) is 12.1 Å². The van der Waals surface area contributed by atoms with E-state index < -0.39 is 20.8 Å². The Bertz CT molecular complexity index is 403. The minimum Gasteiger partial charge on any atom is -0.872 e. The Hall–Kier alpha value is 0.366. The Kier molecular flexibility index (Phi) is 4.87. The Morgan fingerprint density at radius 3 is 2.31 bits per heavy atom. The van der Waals surface area contributed by atoms with Crippen LogP contribution in [0, 0.1) is 0 Å². The molecule has 0 saturated heterocycles. The molecule has 0 aromatic heterocycles. The fraction of sp³-hybridized carbons (Fsp3) is 0. The molecule has 1 aromatic carbocycles. The van der Waals surface area contributed by atoms with Crippen molar-refractivity contribution in [3.05, 3.63) is 18.2 Å². The standard InChI is InChI=1S/C6H7NO4S.K/c7-4-1-2-5(8)6(3-4)12(9,10)11;/h1-3,8H,7H2,(H,9,10,11);/q;+1/p-1. The molecule has 0 heterocycles. The maximum absolute atomic E-state index is 10.8. The first-order chi connectivity index (χ1) is 5.41. The molecule has 3 N–H and O–H groups in total. The van der Waals surface area contributed by atoms with Crippen molar-refractivity contribution in [2.45, 2.75) is 4.90 Å². The molecule has 7 heteroatoms. The normalized spacial score (nSPS) is 10.5. The van der Waals surface area contributed by atoms with Gasteiger partial charge < -0.3 is 10.8 Å². The van der Waals surface area contributed by atoms with Crippen LogP contribution < -0.4 is 62.2 Å². The molecule has 0 amide bonds. The van der Waals surface area contributed by atoms with Gasteiger partial charge >= 0.3 is 51.4 Å². The Morgan fingerprint density at radius 1 is 1.38 bits per heavy atom. The van der Waals surface area contributed by atoms with Crippen LogP contribution in [-0.4, -0.2) is 13.0 Å². The van der Waals surface area contributed by atoms with Gasteiger partial charge in [0.15, 0.2) is 0 Å². The number of benzene rings is 1. The van der Waals surface area contributed by atoms with E-state index in [1.54, 1.807) is 0 Å². The van der Waals surface area contributed by atoms with Crippen LogP contribution in [0.4, 0.5) is 5.69 Å². The largest absolute Gasteiger partial charge is 1.00 e. The van der Waals surface area contributed by atoms with Gasteiger partial charge in [-0.25, -0.2) is 0 Å². The monoisotopic (exact) mass is 227 g/mol. The van der Waals surface area contributed by atoms with Gasteiger partial charge in [0.2, 0.25) is 0 Å². The molecule has 0 fully saturated rings. The van der Waals surface area contributed by atoms with Crippen LogP contribution >= 0.6 is 0 Å². The summed E-state index contributed by atoms with van der Waals surface area (Å²) >= 11 is 0. The molecule has 0 aliphatic rings. The third-order valence-electron chi connectivity index (χ3n) is 1.25. The fourth-order valence-corrected chi connectivity index (χ4v) is 1.33. The molecule has 0 atom stereocenters. The summed E-state index contributed by atoms with van der Waals surface area (Å²) in [5.41, 5.74) is 5.32. The topological polar surface area (TPSA) is 103 Å². The average molecular weight is 227 g/mol. The zero-order valence-electron chi connectivity index (χ0n) is 6.89. The molecule has 13 heavy (non-hydrogen) atoms. The minimum atomic E-state index is -4.45. The van der Waals surface area contributed by atoms with Crippen molar-refractivity contribution in [1.29, 1.82) is 0 Å². The summed E-state index contributed by atoms with van der Waals surface area (Å²) in [6.07, 6.45) is 0. The van der Waals surface area contributed by atoms with Gasteiger partial charge in [0.25, 0.3) is 10.1 Å². The van der Waals surface area contributed by atoms with Crippen molar-refractivity contribution in [1.82, 2.24) is 0 Å². The van der Waals surface area contributed by atoms with Gasteiger partial charge in [-0.1, -0.05) is 11.8 Å². The quantitative estimate of drug-likeness (QED) is 0.295. The van der Waals surface area contributed by atoms with E-state index in [-0.39, 0.29) is 57.1 Å². The smallest absolute Gasteiger partial charge is 0.872 e. The molecule has 0 unspecified atom stereocenters. The molecular weight excluding hydrogens is 221 g/mol. The molecule has 0 aliphatic heterocycles. The zero-order valence-corrected chi connectivity index (χ0v) is 10.8. The molecule has 5 nitrogen and oxygen atoms in total.